The Hall–Kier alpha value is -1.60. The number of aromatic carboxylic acids is 1. The maximum atomic E-state index is 11.5. The number of benzene rings is 1. The minimum absolute atomic E-state index is 0.0140. The monoisotopic (exact) mass is 313 g/mol. The fraction of sp³-hybridized carbons (Fsp3) is 0.500. The molecule has 6 nitrogen and oxygen atoms in total. The van der Waals surface area contributed by atoms with Gasteiger partial charge in [-0.15, -0.1) is 0 Å². The number of hydrogen-bond acceptors (Lipinski definition) is 5. The van der Waals surface area contributed by atoms with E-state index in [-0.39, 0.29) is 23.1 Å². The normalized spacial score (nSPS) is 20.6. The molecule has 1 N–H and O–H groups in total. The van der Waals surface area contributed by atoms with Gasteiger partial charge in [0.1, 0.15) is 11.3 Å². The van der Waals surface area contributed by atoms with Crippen LogP contribution in [-0.2, 0) is 16.4 Å². The average molecular weight is 313 g/mol. The minimum atomic E-state index is -2.91. The van der Waals surface area contributed by atoms with E-state index in [1.54, 1.807) is 12.1 Å². The highest BCUT2D eigenvalue weighted by atomic mass is 32.2. The van der Waals surface area contributed by atoms with Crippen molar-refractivity contribution in [3.63, 3.8) is 0 Å². The van der Waals surface area contributed by atoms with Crippen molar-refractivity contribution < 1.29 is 23.1 Å². The van der Waals surface area contributed by atoms with Crippen LogP contribution in [-0.4, -0.2) is 56.1 Å². The molecule has 1 aromatic rings. The molecule has 0 spiro atoms. The Labute approximate surface area is 124 Å². The van der Waals surface area contributed by atoms with Crippen LogP contribution in [0.2, 0.25) is 0 Å². The van der Waals surface area contributed by atoms with Crippen molar-refractivity contribution >= 4 is 15.8 Å². The molecule has 0 amide bonds. The Morgan fingerprint density at radius 2 is 2.19 bits per heavy atom. The Morgan fingerprint density at radius 1 is 1.48 bits per heavy atom. The first kappa shape index (κ1) is 15.8. The van der Waals surface area contributed by atoms with Crippen molar-refractivity contribution in [2.45, 2.75) is 19.0 Å². The van der Waals surface area contributed by atoms with Crippen LogP contribution in [0.1, 0.15) is 22.3 Å². The third kappa shape index (κ3) is 3.74. The summed E-state index contributed by atoms with van der Waals surface area (Å²) in [5.41, 5.74) is 1.01. The number of carboxylic acid groups (broad SMARTS) is 1. The number of sulfone groups is 1. The summed E-state index contributed by atoms with van der Waals surface area (Å²) in [7, 11) is 0.400. The molecule has 0 aliphatic carbocycles. The van der Waals surface area contributed by atoms with Crippen molar-refractivity contribution in [1.29, 1.82) is 0 Å². The van der Waals surface area contributed by atoms with Crippen LogP contribution in [0.15, 0.2) is 18.2 Å². The molecule has 1 aliphatic rings. The summed E-state index contributed by atoms with van der Waals surface area (Å²) in [6.45, 7) is 0.552. The molecule has 21 heavy (non-hydrogen) atoms. The van der Waals surface area contributed by atoms with E-state index in [0.29, 0.717) is 18.7 Å². The van der Waals surface area contributed by atoms with Crippen LogP contribution >= 0.6 is 0 Å². The maximum Gasteiger partial charge on any atom is 0.339 e. The van der Waals surface area contributed by atoms with Gasteiger partial charge in [-0.25, -0.2) is 13.2 Å². The summed E-state index contributed by atoms with van der Waals surface area (Å²) >= 11 is 0. The maximum absolute atomic E-state index is 11.5. The quantitative estimate of drug-likeness (QED) is 0.873. The first-order valence-corrected chi connectivity index (χ1v) is 8.45. The number of methoxy groups -OCH3 is 1. The predicted octanol–water partition coefficient (Wildman–Crippen LogP) is 1.01. The molecule has 1 unspecified atom stereocenters. The van der Waals surface area contributed by atoms with Crippen LogP contribution in [0.4, 0.5) is 0 Å². The third-order valence-corrected chi connectivity index (χ3v) is 5.51. The van der Waals surface area contributed by atoms with E-state index in [1.807, 2.05) is 11.9 Å². The Bertz CT molecular complexity index is 641. The minimum Gasteiger partial charge on any atom is -0.496 e. The first-order chi connectivity index (χ1) is 9.82. The van der Waals surface area contributed by atoms with Gasteiger partial charge in [-0.2, -0.15) is 0 Å². The van der Waals surface area contributed by atoms with E-state index in [4.69, 9.17) is 9.84 Å². The zero-order chi connectivity index (χ0) is 15.6. The SMILES string of the molecule is COc1cc(CN(C)C2CCS(=O)(=O)C2)ccc1C(=O)O. The van der Waals surface area contributed by atoms with Crippen molar-refractivity contribution in [1.82, 2.24) is 4.90 Å². The molecule has 1 atom stereocenters. The molecule has 0 saturated carbocycles. The van der Waals surface area contributed by atoms with E-state index in [9.17, 15) is 13.2 Å². The molecular formula is C14H19NO5S. The fourth-order valence-electron chi connectivity index (χ4n) is 2.55. The highest BCUT2D eigenvalue weighted by Gasteiger charge is 2.30. The van der Waals surface area contributed by atoms with Crippen LogP contribution < -0.4 is 4.74 Å². The van der Waals surface area contributed by atoms with Crippen molar-refractivity contribution in [2.24, 2.45) is 0 Å². The lowest BCUT2D eigenvalue weighted by Crippen LogP contribution is -2.32. The van der Waals surface area contributed by atoms with Gasteiger partial charge in [0, 0.05) is 12.6 Å². The molecule has 1 heterocycles. The molecule has 1 fully saturated rings. The Morgan fingerprint density at radius 3 is 2.71 bits per heavy atom. The van der Waals surface area contributed by atoms with Gasteiger partial charge in [0.25, 0.3) is 0 Å². The zero-order valence-corrected chi connectivity index (χ0v) is 12.9. The third-order valence-electron chi connectivity index (χ3n) is 3.76. The zero-order valence-electron chi connectivity index (χ0n) is 12.1. The lowest BCUT2D eigenvalue weighted by Gasteiger charge is -2.23. The van der Waals surface area contributed by atoms with E-state index < -0.39 is 15.8 Å². The lowest BCUT2D eigenvalue weighted by atomic mass is 10.1. The molecule has 1 aliphatic heterocycles. The second kappa shape index (κ2) is 6.03. The fourth-order valence-corrected chi connectivity index (χ4v) is 4.36. The molecule has 0 bridgehead atoms. The van der Waals surface area contributed by atoms with E-state index in [0.717, 1.165) is 5.56 Å². The number of hydrogen-bond donors (Lipinski definition) is 1. The molecular weight excluding hydrogens is 294 g/mol. The summed E-state index contributed by atoms with van der Waals surface area (Å²) in [6, 6.07) is 4.94. The molecule has 1 saturated heterocycles. The standard InChI is InChI=1S/C14H19NO5S/c1-15(11-5-6-21(18,19)9-11)8-10-3-4-12(14(16)17)13(7-10)20-2/h3-4,7,11H,5-6,8-9H2,1-2H3,(H,16,17). The topological polar surface area (TPSA) is 83.9 Å². The van der Waals surface area contributed by atoms with Crippen molar-refractivity contribution in [3.8, 4) is 5.75 Å². The van der Waals surface area contributed by atoms with Gasteiger partial charge < -0.3 is 9.84 Å². The summed E-state index contributed by atoms with van der Waals surface area (Å²) in [5, 5.41) is 9.04. The van der Waals surface area contributed by atoms with Gasteiger partial charge in [-0.05, 0) is 31.2 Å². The summed E-state index contributed by atoms with van der Waals surface area (Å²) in [6.07, 6.45) is 0.642. The number of carbonyl (C=O) groups is 1. The number of nitrogens with zero attached hydrogens (tertiary/aromatic N) is 1. The van der Waals surface area contributed by atoms with E-state index in [1.165, 1.54) is 13.2 Å². The molecule has 0 aromatic heterocycles. The number of carboxylic acids is 1. The smallest absolute Gasteiger partial charge is 0.339 e. The molecule has 116 valence electrons. The van der Waals surface area contributed by atoms with Gasteiger partial charge in [-0.1, -0.05) is 6.07 Å². The summed E-state index contributed by atoms with van der Waals surface area (Å²) < 4.78 is 28.1. The number of ether oxygens (including phenoxy) is 1. The largest absolute Gasteiger partial charge is 0.496 e. The van der Waals surface area contributed by atoms with Crippen LogP contribution in [0.25, 0.3) is 0 Å². The Balaban J connectivity index is 2.11. The first-order valence-electron chi connectivity index (χ1n) is 6.63. The van der Waals surface area contributed by atoms with Crippen molar-refractivity contribution in [3.05, 3.63) is 29.3 Å². The van der Waals surface area contributed by atoms with Gasteiger partial charge in [0.2, 0.25) is 0 Å². The van der Waals surface area contributed by atoms with Crippen LogP contribution in [0, 0.1) is 0 Å². The number of rotatable bonds is 5. The van der Waals surface area contributed by atoms with Gasteiger partial charge in [-0.3, -0.25) is 4.90 Å². The second-order valence-corrected chi connectivity index (χ2v) is 7.54. The highest BCUT2D eigenvalue weighted by molar-refractivity contribution is 7.91. The van der Waals surface area contributed by atoms with Crippen LogP contribution in [0.5, 0.6) is 5.75 Å². The molecule has 1 aromatic carbocycles. The molecule has 0 radical (unpaired) electrons. The average Bonchev–Trinajstić information content (AvgIpc) is 2.78. The molecule has 7 heteroatoms. The Kier molecular flexibility index (Phi) is 4.53. The van der Waals surface area contributed by atoms with Crippen LogP contribution in [0.3, 0.4) is 0 Å². The summed E-state index contributed by atoms with van der Waals surface area (Å²) in [5.74, 6) is -0.294. The summed E-state index contributed by atoms with van der Waals surface area (Å²) in [4.78, 5) is 13.0. The van der Waals surface area contributed by atoms with E-state index >= 15 is 0 Å². The highest BCUT2D eigenvalue weighted by Crippen LogP contribution is 2.23. The van der Waals surface area contributed by atoms with Gasteiger partial charge >= 0.3 is 5.97 Å². The molecule has 2 rings (SSSR count). The van der Waals surface area contributed by atoms with Crippen molar-refractivity contribution in [2.75, 3.05) is 25.7 Å². The predicted molar refractivity (Wildman–Crippen MR) is 78.5 cm³/mol. The lowest BCUT2D eigenvalue weighted by molar-refractivity contribution is 0.0693. The van der Waals surface area contributed by atoms with Gasteiger partial charge in [0.15, 0.2) is 9.84 Å². The van der Waals surface area contributed by atoms with E-state index in [2.05, 4.69) is 0 Å². The second-order valence-electron chi connectivity index (χ2n) is 5.31. The van der Waals surface area contributed by atoms with Gasteiger partial charge in [0.05, 0.1) is 18.6 Å².